The lowest BCUT2D eigenvalue weighted by molar-refractivity contribution is -0.141. The topological polar surface area (TPSA) is 72.8 Å². The third-order valence-electron chi connectivity index (χ3n) is 9.43. The molecule has 0 saturated heterocycles. The molecule has 1 aliphatic carbocycles. The molecule has 5 heteroatoms. The van der Waals surface area contributed by atoms with Gasteiger partial charge in [-0.1, -0.05) is 159 Å². The van der Waals surface area contributed by atoms with E-state index >= 15 is 0 Å². The van der Waals surface area contributed by atoms with Gasteiger partial charge in [-0.05, 0) is 61.1 Å². The van der Waals surface area contributed by atoms with Gasteiger partial charge in [0.25, 0.3) is 0 Å². The zero-order chi connectivity index (χ0) is 33.7. The monoisotopic (exact) mass is 644 g/mol. The molecular weight excluding hydrogens is 584 g/mol. The number of esters is 1. The molecule has 0 bridgehead atoms. The second-order valence-electron chi connectivity index (χ2n) is 13.3. The van der Waals surface area contributed by atoms with Gasteiger partial charge in [-0.15, -0.1) is 0 Å². The van der Waals surface area contributed by atoms with Crippen LogP contribution in [0.1, 0.15) is 158 Å². The number of unbranched alkanes of at least 4 members (excludes halogenated alkanes) is 14. The molecule has 5 nitrogen and oxygen atoms in total. The van der Waals surface area contributed by atoms with Crippen LogP contribution in [0.5, 0.6) is 5.75 Å². The van der Waals surface area contributed by atoms with E-state index in [2.05, 4.69) is 13.8 Å². The molecule has 1 N–H and O–H groups in total. The predicted molar refractivity (Wildman–Crippen MR) is 194 cm³/mol. The van der Waals surface area contributed by atoms with Crippen LogP contribution < -0.4 is 4.74 Å². The van der Waals surface area contributed by atoms with Crippen molar-refractivity contribution < 1.29 is 24.2 Å². The first kappa shape index (κ1) is 38.1. The molecule has 0 amide bonds. The van der Waals surface area contributed by atoms with Crippen LogP contribution in [0.15, 0.2) is 66.8 Å². The van der Waals surface area contributed by atoms with Gasteiger partial charge in [0.2, 0.25) is 0 Å². The maximum absolute atomic E-state index is 13.1. The molecule has 0 aliphatic heterocycles. The lowest BCUT2D eigenvalue weighted by Crippen LogP contribution is -2.36. The number of carboxylic acids is 1. The van der Waals surface area contributed by atoms with Crippen molar-refractivity contribution in [2.45, 2.75) is 148 Å². The Kier molecular flexibility index (Phi) is 17.4. The Bertz CT molecular complexity index is 1260. The Morgan fingerprint density at radius 3 is 1.89 bits per heavy atom. The molecule has 0 fully saturated rings. The number of aliphatic carboxylic acids is 1. The van der Waals surface area contributed by atoms with E-state index in [1.807, 2.05) is 43.3 Å². The normalized spacial score (nSPS) is 16.4. The Morgan fingerprint density at radius 2 is 1.34 bits per heavy atom. The molecule has 2 aromatic carbocycles. The molecule has 0 saturated carbocycles. The van der Waals surface area contributed by atoms with Gasteiger partial charge in [0.1, 0.15) is 11.2 Å². The standard InChI is InChI=1S/C42H60O5/c1-4-6-8-9-10-11-12-13-14-15-16-17-18-21-33-46-37-27-25-35(26-28-37)36-29-31-42(32-30-36,41(44)45)39-24-20-19-23-38(39)40(43)47-34(3)22-7-5-2/h19-20,23-31,34H,4-18,21-22,32-33H2,1-3H3,(H,44,45). The average Bonchev–Trinajstić information content (AvgIpc) is 3.09. The highest BCUT2D eigenvalue weighted by Gasteiger charge is 2.41. The summed E-state index contributed by atoms with van der Waals surface area (Å²) in [6.45, 7) is 6.98. The van der Waals surface area contributed by atoms with E-state index in [4.69, 9.17) is 9.47 Å². The van der Waals surface area contributed by atoms with E-state index < -0.39 is 17.4 Å². The Balaban J connectivity index is 1.42. The SMILES string of the molecule is CCCCCCCCCCCCCCCCOc1ccc(C2=CCC(C(=O)O)(c3ccccc3C(=O)OC(C)CCCC)C=C2)cc1. The molecule has 0 radical (unpaired) electrons. The molecule has 0 spiro atoms. The zero-order valence-corrected chi connectivity index (χ0v) is 29.4. The van der Waals surface area contributed by atoms with Crippen molar-refractivity contribution in [3.63, 3.8) is 0 Å². The lowest BCUT2D eigenvalue weighted by Gasteiger charge is -2.30. The van der Waals surface area contributed by atoms with E-state index in [-0.39, 0.29) is 12.5 Å². The summed E-state index contributed by atoms with van der Waals surface area (Å²) < 4.78 is 11.7. The van der Waals surface area contributed by atoms with Crippen molar-refractivity contribution >= 4 is 17.5 Å². The number of ether oxygens (including phenoxy) is 2. The predicted octanol–water partition coefficient (Wildman–Crippen LogP) is 11.6. The minimum Gasteiger partial charge on any atom is -0.494 e. The summed E-state index contributed by atoms with van der Waals surface area (Å²) >= 11 is 0. The highest BCUT2D eigenvalue weighted by Crippen LogP contribution is 2.39. The van der Waals surface area contributed by atoms with Gasteiger partial charge >= 0.3 is 11.9 Å². The number of rotatable bonds is 24. The summed E-state index contributed by atoms with van der Waals surface area (Å²) in [6.07, 6.45) is 27.1. The molecule has 2 atom stereocenters. The van der Waals surface area contributed by atoms with Crippen LogP contribution in [-0.4, -0.2) is 29.8 Å². The third kappa shape index (κ3) is 12.7. The molecular formula is C42H60O5. The number of carbonyl (C=O) groups is 2. The molecule has 2 aromatic rings. The third-order valence-corrected chi connectivity index (χ3v) is 9.43. The van der Waals surface area contributed by atoms with E-state index in [1.54, 1.807) is 30.3 Å². The minimum atomic E-state index is -1.34. The average molecular weight is 645 g/mol. The molecule has 0 aromatic heterocycles. The van der Waals surface area contributed by atoms with Crippen molar-refractivity contribution in [3.05, 3.63) is 83.4 Å². The van der Waals surface area contributed by atoms with Gasteiger partial charge in [0, 0.05) is 0 Å². The van der Waals surface area contributed by atoms with Crippen LogP contribution in [0.2, 0.25) is 0 Å². The maximum Gasteiger partial charge on any atom is 0.338 e. The first-order valence-corrected chi connectivity index (χ1v) is 18.6. The van der Waals surface area contributed by atoms with Crippen LogP contribution >= 0.6 is 0 Å². The van der Waals surface area contributed by atoms with E-state index in [1.165, 1.54) is 83.5 Å². The summed E-state index contributed by atoms with van der Waals surface area (Å²) in [5.41, 5.74) is 1.37. The lowest BCUT2D eigenvalue weighted by atomic mass is 9.72. The second kappa shape index (κ2) is 21.5. The number of allylic oxidation sites excluding steroid dienone is 3. The van der Waals surface area contributed by atoms with Crippen LogP contribution in [0.3, 0.4) is 0 Å². The van der Waals surface area contributed by atoms with Gasteiger partial charge in [-0.25, -0.2) is 4.79 Å². The summed E-state index contributed by atoms with van der Waals surface area (Å²) in [4.78, 5) is 25.9. The largest absolute Gasteiger partial charge is 0.494 e. The van der Waals surface area contributed by atoms with Crippen molar-refractivity contribution in [2.24, 2.45) is 0 Å². The van der Waals surface area contributed by atoms with Crippen LogP contribution in [-0.2, 0) is 14.9 Å². The van der Waals surface area contributed by atoms with Crippen LogP contribution in [0, 0.1) is 0 Å². The first-order chi connectivity index (χ1) is 22.9. The molecule has 258 valence electrons. The van der Waals surface area contributed by atoms with Crippen LogP contribution in [0.4, 0.5) is 0 Å². The van der Waals surface area contributed by atoms with E-state index in [0.29, 0.717) is 11.1 Å². The van der Waals surface area contributed by atoms with Gasteiger partial charge in [-0.3, -0.25) is 4.79 Å². The Hall–Kier alpha value is -3.34. The quantitative estimate of drug-likeness (QED) is 0.0909. The van der Waals surface area contributed by atoms with Gasteiger partial charge in [0.05, 0.1) is 18.3 Å². The summed E-state index contributed by atoms with van der Waals surface area (Å²) in [5, 5.41) is 10.4. The maximum atomic E-state index is 13.1. The number of benzene rings is 2. The number of carboxylic acid groups (broad SMARTS) is 1. The Labute approximate surface area is 284 Å². The smallest absolute Gasteiger partial charge is 0.338 e. The van der Waals surface area contributed by atoms with Crippen molar-refractivity contribution in [3.8, 4) is 5.75 Å². The van der Waals surface area contributed by atoms with Crippen molar-refractivity contribution in [1.29, 1.82) is 0 Å². The summed E-state index contributed by atoms with van der Waals surface area (Å²) in [5.74, 6) is -0.613. The summed E-state index contributed by atoms with van der Waals surface area (Å²) in [6, 6.07) is 14.9. The Morgan fingerprint density at radius 1 is 0.766 bits per heavy atom. The van der Waals surface area contributed by atoms with E-state index in [9.17, 15) is 14.7 Å². The molecule has 2 unspecified atom stereocenters. The number of hydrogen-bond donors (Lipinski definition) is 1. The highest BCUT2D eigenvalue weighted by molar-refractivity contribution is 5.97. The minimum absolute atomic E-state index is 0.226. The molecule has 0 heterocycles. The van der Waals surface area contributed by atoms with Crippen molar-refractivity contribution in [2.75, 3.05) is 6.61 Å². The molecule has 3 rings (SSSR count). The fourth-order valence-electron chi connectivity index (χ4n) is 6.40. The van der Waals surface area contributed by atoms with Crippen LogP contribution in [0.25, 0.3) is 5.57 Å². The fraction of sp³-hybridized carbons (Fsp3) is 0.571. The second-order valence-corrected chi connectivity index (χ2v) is 13.3. The molecule has 47 heavy (non-hydrogen) atoms. The fourth-order valence-corrected chi connectivity index (χ4v) is 6.40. The number of carbonyl (C=O) groups excluding carboxylic acids is 1. The van der Waals surface area contributed by atoms with Gasteiger partial charge < -0.3 is 14.6 Å². The highest BCUT2D eigenvalue weighted by atomic mass is 16.5. The van der Waals surface area contributed by atoms with E-state index in [0.717, 1.165) is 49.2 Å². The zero-order valence-electron chi connectivity index (χ0n) is 29.4. The van der Waals surface area contributed by atoms with Gasteiger partial charge in [-0.2, -0.15) is 0 Å². The van der Waals surface area contributed by atoms with Crippen molar-refractivity contribution in [1.82, 2.24) is 0 Å². The number of hydrogen-bond acceptors (Lipinski definition) is 4. The molecule has 1 aliphatic rings. The first-order valence-electron chi connectivity index (χ1n) is 18.6. The van der Waals surface area contributed by atoms with Gasteiger partial charge in [0.15, 0.2) is 0 Å². The summed E-state index contributed by atoms with van der Waals surface area (Å²) in [7, 11) is 0.